The molecular weight excluding hydrogens is 314 g/mol. The molecule has 0 atom stereocenters. The van der Waals surface area contributed by atoms with Crippen molar-refractivity contribution in [2.24, 2.45) is 7.05 Å². The normalized spacial score (nSPS) is 11.1. The van der Waals surface area contributed by atoms with E-state index in [-0.39, 0.29) is 5.69 Å². The molecule has 0 saturated heterocycles. The predicted molar refractivity (Wildman–Crippen MR) is 96.6 cm³/mol. The first kappa shape index (κ1) is 15.2. The summed E-state index contributed by atoms with van der Waals surface area (Å²) in [5, 5.41) is 15.2. The molecular formula is C20H17N3O2. The van der Waals surface area contributed by atoms with Gasteiger partial charge < -0.3 is 9.67 Å². The van der Waals surface area contributed by atoms with E-state index in [1.54, 1.807) is 10.7 Å². The number of fused-ring (bicyclic) bond motifs is 1. The van der Waals surface area contributed by atoms with Gasteiger partial charge in [0.05, 0.1) is 12.2 Å². The van der Waals surface area contributed by atoms with Crippen molar-refractivity contribution >= 4 is 16.9 Å². The predicted octanol–water partition coefficient (Wildman–Crippen LogP) is 3.79. The van der Waals surface area contributed by atoms with Crippen LogP contribution in [-0.4, -0.2) is 25.4 Å². The quantitative estimate of drug-likeness (QED) is 0.619. The van der Waals surface area contributed by atoms with Crippen molar-refractivity contribution in [3.05, 3.63) is 78.1 Å². The second-order valence-electron chi connectivity index (χ2n) is 6.03. The first-order valence-electron chi connectivity index (χ1n) is 8.03. The molecule has 0 saturated carbocycles. The van der Waals surface area contributed by atoms with E-state index in [2.05, 4.69) is 5.10 Å². The maximum atomic E-state index is 11.7. The Hall–Kier alpha value is -3.34. The molecule has 2 aromatic heterocycles. The first-order valence-corrected chi connectivity index (χ1v) is 8.03. The molecule has 0 amide bonds. The SMILES string of the molecule is Cn1cc(-c2cc(C(=O)O)n(Cc3ccccc3)n2)c2ccccc21. The van der Waals surface area contributed by atoms with Crippen molar-refractivity contribution in [3.63, 3.8) is 0 Å². The lowest BCUT2D eigenvalue weighted by atomic mass is 10.1. The van der Waals surface area contributed by atoms with Gasteiger partial charge in [-0.2, -0.15) is 5.10 Å². The van der Waals surface area contributed by atoms with E-state index < -0.39 is 5.97 Å². The summed E-state index contributed by atoms with van der Waals surface area (Å²) in [6.45, 7) is 0.424. The molecule has 4 rings (SSSR count). The Labute approximate surface area is 144 Å². The van der Waals surface area contributed by atoms with Crippen LogP contribution in [0.2, 0.25) is 0 Å². The maximum absolute atomic E-state index is 11.7. The molecule has 124 valence electrons. The molecule has 2 aromatic carbocycles. The average Bonchev–Trinajstić information content (AvgIpc) is 3.18. The lowest BCUT2D eigenvalue weighted by Crippen LogP contribution is -2.10. The van der Waals surface area contributed by atoms with Gasteiger partial charge in [0.25, 0.3) is 0 Å². The third-order valence-corrected chi connectivity index (χ3v) is 4.35. The molecule has 1 N–H and O–H groups in total. The Morgan fingerprint density at radius 1 is 1.08 bits per heavy atom. The van der Waals surface area contributed by atoms with E-state index in [1.165, 1.54) is 0 Å². The monoisotopic (exact) mass is 331 g/mol. The number of aromatic carboxylic acids is 1. The number of benzene rings is 2. The fraction of sp³-hybridized carbons (Fsp3) is 0.100. The van der Waals surface area contributed by atoms with E-state index in [1.807, 2.05) is 72.4 Å². The summed E-state index contributed by atoms with van der Waals surface area (Å²) < 4.78 is 3.58. The van der Waals surface area contributed by atoms with Crippen LogP contribution in [0.4, 0.5) is 0 Å². The second-order valence-corrected chi connectivity index (χ2v) is 6.03. The Balaban J connectivity index is 1.83. The molecule has 0 aliphatic carbocycles. The number of carbonyl (C=O) groups is 1. The van der Waals surface area contributed by atoms with Gasteiger partial charge >= 0.3 is 5.97 Å². The zero-order chi connectivity index (χ0) is 17.4. The van der Waals surface area contributed by atoms with E-state index in [0.717, 1.165) is 22.0 Å². The molecule has 0 aliphatic heterocycles. The summed E-state index contributed by atoms with van der Waals surface area (Å²) in [7, 11) is 1.98. The lowest BCUT2D eigenvalue weighted by Gasteiger charge is -2.04. The summed E-state index contributed by atoms with van der Waals surface area (Å²) in [5.74, 6) is -0.977. The zero-order valence-corrected chi connectivity index (χ0v) is 13.8. The Bertz CT molecular complexity index is 1060. The summed E-state index contributed by atoms with van der Waals surface area (Å²) in [6.07, 6.45) is 1.99. The van der Waals surface area contributed by atoms with Gasteiger partial charge in [-0.3, -0.25) is 4.68 Å². The van der Waals surface area contributed by atoms with Crippen molar-refractivity contribution in [3.8, 4) is 11.3 Å². The average molecular weight is 331 g/mol. The molecule has 0 spiro atoms. The second kappa shape index (κ2) is 5.94. The van der Waals surface area contributed by atoms with Crippen LogP contribution in [0.3, 0.4) is 0 Å². The number of hydrogen-bond acceptors (Lipinski definition) is 2. The van der Waals surface area contributed by atoms with Crippen molar-refractivity contribution in [2.45, 2.75) is 6.54 Å². The molecule has 0 unspecified atom stereocenters. The minimum absolute atomic E-state index is 0.187. The van der Waals surface area contributed by atoms with Gasteiger partial charge in [-0.05, 0) is 17.7 Å². The molecule has 5 heteroatoms. The van der Waals surface area contributed by atoms with Gasteiger partial charge in [0, 0.05) is 29.7 Å². The van der Waals surface area contributed by atoms with Crippen molar-refractivity contribution in [1.29, 1.82) is 0 Å². The van der Waals surface area contributed by atoms with Gasteiger partial charge in [-0.15, -0.1) is 0 Å². The highest BCUT2D eigenvalue weighted by atomic mass is 16.4. The third-order valence-electron chi connectivity index (χ3n) is 4.35. The Kier molecular flexibility index (Phi) is 3.61. The molecule has 25 heavy (non-hydrogen) atoms. The zero-order valence-electron chi connectivity index (χ0n) is 13.8. The van der Waals surface area contributed by atoms with Crippen molar-refractivity contribution < 1.29 is 9.90 Å². The number of nitrogens with zero attached hydrogens (tertiary/aromatic N) is 3. The molecule has 0 bridgehead atoms. The number of carboxylic acids is 1. The lowest BCUT2D eigenvalue weighted by molar-refractivity contribution is 0.0684. The first-order chi connectivity index (χ1) is 12.1. The molecule has 5 nitrogen and oxygen atoms in total. The van der Waals surface area contributed by atoms with Crippen LogP contribution in [0.5, 0.6) is 0 Å². The summed E-state index contributed by atoms with van der Waals surface area (Å²) in [6, 6.07) is 19.4. The Morgan fingerprint density at radius 2 is 1.80 bits per heavy atom. The van der Waals surface area contributed by atoms with Crippen molar-refractivity contribution in [2.75, 3.05) is 0 Å². The highest BCUT2D eigenvalue weighted by Crippen LogP contribution is 2.30. The fourth-order valence-corrected chi connectivity index (χ4v) is 3.14. The largest absolute Gasteiger partial charge is 0.477 e. The summed E-state index contributed by atoms with van der Waals surface area (Å²) >= 11 is 0. The van der Waals surface area contributed by atoms with Crippen LogP contribution in [0.1, 0.15) is 16.1 Å². The Morgan fingerprint density at radius 3 is 2.56 bits per heavy atom. The number of aryl methyl sites for hydroxylation is 1. The van der Waals surface area contributed by atoms with E-state index in [0.29, 0.717) is 12.2 Å². The number of rotatable bonds is 4. The van der Waals surface area contributed by atoms with Crippen LogP contribution in [0.25, 0.3) is 22.2 Å². The van der Waals surface area contributed by atoms with Crippen LogP contribution in [-0.2, 0) is 13.6 Å². The fourth-order valence-electron chi connectivity index (χ4n) is 3.14. The number of hydrogen-bond donors (Lipinski definition) is 1. The van der Waals surface area contributed by atoms with Crippen LogP contribution in [0.15, 0.2) is 66.9 Å². The highest BCUT2D eigenvalue weighted by molar-refractivity contribution is 5.96. The molecule has 2 heterocycles. The van der Waals surface area contributed by atoms with Crippen LogP contribution in [0, 0.1) is 0 Å². The van der Waals surface area contributed by atoms with Gasteiger partial charge in [-0.1, -0.05) is 48.5 Å². The van der Waals surface area contributed by atoms with Gasteiger partial charge in [0.2, 0.25) is 0 Å². The van der Waals surface area contributed by atoms with Gasteiger partial charge in [-0.25, -0.2) is 4.79 Å². The standard InChI is InChI=1S/C20H17N3O2/c1-22-13-16(15-9-5-6-10-18(15)22)17-11-19(20(24)25)23(21-17)12-14-7-3-2-4-8-14/h2-11,13H,12H2,1H3,(H,24,25). The minimum atomic E-state index is -0.977. The van der Waals surface area contributed by atoms with E-state index in [9.17, 15) is 9.90 Å². The smallest absolute Gasteiger partial charge is 0.354 e. The molecule has 0 aliphatic rings. The molecule has 0 radical (unpaired) electrons. The third kappa shape index (κ3) is 2.70. The highest BCUT2D eigenvalue weighted by Gasteiger charge is 2.18. The summed E-state index contributed by atoms with van der Waals surface area (Å²) in [5.41, 5.74) is 3.90. The summed E-state index contributed by atoms with van der Waals surface area (Å²) in [4.78, 5) is 11.7. The maximum Gasteiger partial charge on any atom is 0.354 e. The van der Waals surface area contributed by atoms with Gasteiger partial charge in [0.15, 0.2) is 0 Å². The number of carboxylic acid groups (broad SMARTS) is 1. The van der Waals surface area contributed by atoms with Crippen LogP contribution >= 0.6 is 0 Å². The van der Waals surface area contributed by atoms with E-state index in [4.69, 9.17) is 0 Å². The number of aromatic nitrogens is 3. The number of para-hydroxylation sites is 1. The topological polar surface area (TPSA) is 60.1 Å². The molecule has 4 aromatic rings. The molecule has 0 fully saturated rings. The van der Waals surface area contributed by atoms with Gasteiger partial charge in [0.1, 0.15) is 5.69 Å². The minimum Gasteiger partial charge on any atom is -0.477 e. The van der Waals surface area contributed by atoms with E-state index >= 15 is 0 Å². The van der Waals surface area contributed by atoms with Crippen molar-refractivity contribution in [1.82, 2.24) is 14.3 Å². The van der Waals surface area contributed by atoms with Crippen LogP contribution < -0.4 is 0 Å².